The molecule has 0 aliphatic carbocycles. The largest absolute Gasteiger partial charge is 0.292 e. The van der Waals surface area contributed by atoms with Gasteiger partial charge in [-0.2, -0.15) is 0 Å². The van der Waals surface area contributed by atoms with Gasteiger partial charge in [0, 0.05) is 5.02 Å². The van der Waals surface area contributed by atoms with Crippen LogP contribution in [-0.2, 0) is 9.84 Å². The number of Topliss-reactive ketones (excluding diaryl/α,β-unsaturated/α-hetero) is 1. The fraction of sp³-hybridized carbons (Fsp3) is 0.154. The third-order valence-electron chi connectivity index (χ3n) is 2.79. The first-order valence-corrected chi connectivity index (χ1v) is 8.73. The van der Waals surface area contributed by atoms with Crippen LogP contribution >= 0.6 is 34.5 Å². The van der Waals surface area contributed by atoms with E-state index in [1.54, 1.807) is 6.07 Å². The number of benzene rings is 1. The van der Waals surface area contributed by atoms with Crippen molar-refractivity contribution in [1.29, 1.82) is 0 Å². The van der Waals surface area contributed by atoms with Gasteiger partial charge in [0.15, 0.2) is 15.6 Å². The lowest BCUT2D eigenvalue weighted by atomic mass is 10.2. The van der Waals surface area contributed by atoms with Gasteiger partial charge >= 0.3 is 0 Å². The second kappa shape index (κ2) is 5.85. The average Bonchev–Trinajstić information content (AvgIpc) is 2.84. The van der Waals surface area contributed by atoms with Crippen LogP contribution in [-0.4, -0.2) is 19.5 Å². The molecule has 2 aromatic rings. The van der Waals surface area contributed by atoms with E-state index in [1.807, 2.05) is 0 Å². The molecule has 1 aromatic heterocycles. The lowest BCUT2D eigenvalue weighted by Crippen LogP contribution is -2.26. The summed E-state index contributed by atoms with van der Waals surface area (Å²) in [6.07, 6.45) is 0. The molecular formula is C13H10Cl2O3S2. The third kappa shape index (κ3) is 3.06. The number of hydrogen-bond donors (Lipinski definition) is 0. The fourth-order valence-corrected chi connectivity index (χ4v) is 4.22. The molecule has 3 nitrogen and oxygen atoms in total. The Kier molecular flexibility index (Phi) is 4.54. The van der Waals surface area contributed by atoms with Crippen LogP contribution < -0.4 is 0 Å². The Morgan fingerprint density at radius 2 is 1.70 bits per heavy atom. The van der Waals surface area contributed by atoms with Crippen molar-refractivity contribution >= 4 is 50.2 Å². The predicted octanol–water partition coefficient (Wildman–Crippen LogP) is 4.10. The van der Waals surface area contributed by atoms with E-state index in [2.05, 4.69) is 0 Å². The summed E-state index contributed by atoms with van der Waals surface area (Å²) in [5, 5.41) is -0.730. The molecule has 0 aliphatic heterocycles. The SMILES string of the molecule is CC(C(=O)c1ccc(Cl)s1)S(=O)(=O)c1ccc(Cl)cc1. The minimum atomic E-state index is -3.74. The third-order valence-corrected chi connectivity index (χ3v) is 6.36. The zero-order valence-electron chi connectivity index (χ0n) is 10.3. The van der Waals surface area contributed by atoms with Gasteiger partial charge in [0.05, 0.1) is 14.1 Å². The molecular weight excluding hydrogens is 339 g/mol. The van der Waals surface area contributed by atoms with Crippen LogP contribution in [0.25, 0.3) is 0 Å². The predicted molar refractivity (Wildman–Crippen MR) is 81.8 cm³/mol. The molecule has 0 aliphatic rings. The first-order valence-electron chi connectivity index (χ1n) is 5.61. The summed E-state index contributed by atoms with van der Waals surface area (Å²) in [6.45, 7) is 1.37. The molecule has 7 heteroatoms. The van der Waals surface area contributed by atoms with E-state index in [4.69, 9.17) is 23.2 Å². The lowest BCUT2D eigenvalue weighted by Gasteiger charge is -2.11. The van der Waals surface area contributed by atoms with Crippen LogP contribution in [0.15, 0.2) is 41.3 Å². The monoisotopic (exact) mass is 348 g/mol. The maximum Gasteiger partial charge on any atom is 0.191 e. The molecule has 0 saturated heterocycles. The number of sulfone groups is 1. The summed E-state index contributed by atoms with van der Waals surface area (Å²) in [5.41, 5.74) is 0. The lowest BCUT2D eigenvalue weighted by molar-refractivity contribution is 0.0995. The Morgan fingerprint density at radius 3 is 2.20 bits per heavy atom. The minimum Gasteiger partial charge on any atom is -0.292 e. The summed E-state index contributed by atoms with van der Waals surface area (Å²) in [6, 6.07) is 8.84. The van der Waals surface area contributed by atoms with Crippen LogP contribution in [0.1, 0.15) is 16.6 Å². The van der Waals surface area contributed by atoms with E-state index in [-0.39, 0.29) is 4.90 Å². The minimum absolute atomic E-state index is 0.0744. The molecule has 1 atom stereocenters. The van der Waals surface area contributed by atoms with Crippen molar-refractivity contribution in [2.75, 3.05) is 0 Å². The molecule has 0 fully saturated rings. The summed E-state index contributed by atoms with van der Waals surface area (Å²) in [4.78, 5) is 12.6. The highest BCUT2D eigenvalue weighted by Crippen LogP contribution is 2.26. The molecule has 0 radical (unpaired) electrons. The van der Waals surface area contributed by atoms with Gasteiger partial charge in [-0.1, -0.05) is 23.2 Å². The van der Waals surface area contributed by atoms with Crippen molar-refractivity contribution in [3.63, 3.8) is 0 Å². The number of ketones is 1. The van der Waals surface area contributed by atoms with Gasteiger partial charge < -0.3 is 0 Å². The normalized spacial score (nSPS) is 13.2. The van der Waals surface area contributed by atoms with Gasteiger partial charge in [0.2, 0.25) is 0 Å². The van der Waals surface area contributed by atoms with Crippen molar-refractivity contribution in [1.82, 2.24) is 0 Å². The quantitative estimate of drug-likeness (QED) is 0.781. The number of halogens is 2. The Balaban J connectivity index is 2.34. The highest BCUT2D eigenvalue weighted by atomic mass is 35.5. The Hall–Kier alpha value is -0.880. The van der Waals surface area contributed by atoms with E-state index in [0.29, 0.717) is 14.2 Å². The standard InChI is InChI=1S/C13H10Cl2O3S2/c1-8(13(16)11-6-7-12(15)19-11)20(17,18)10-4-2-9(14)3-5-10/h2-8H,1H3. The van der Waals surface area contributed by atoms with Gasteiger partial charge in [-0.25, -0.2) is 8.42 Å². The molecule has 1 unspecified atom stereocenters. The van der Waals surface area contributed by atoms with E-state index in [1.165, 1.54) is 37.3 Å². The summed E-state index contributed by atoms with van der Waals surface area (Å²) < 4.78 is 25.2. The van der Waals surface area contributed by atoms with Crippen LogP contribution in [0.5, 0.6) is 0 Å². The van der Waals surface area contributed by atoms with Crippen LogP contribution in [0.4, 0.5) is 0 Å². The summed E-state index contributed by atoms with van der Waals surface area (Å²) >= 11 is 12.6. The number of thiophene rings is 1. The molecule has 20 heavy (non-hydrogen) atoms. The van der Waals surface area contributed by atoms with E-state index in [0.717, 1.165) is 11.3 Å². The zero-order valence-corrected chi connectivity index (χ0v) is 13.5. The van der Waals surface area contributed by atoms with E-state index in [9.17, 15) is 13.2 Å². The first-order chi connectivity index (χ1) is 9.32. The number of hydrogen-bond acceptors (Lipinski definition) is 4. The molecule has 0 N–H and O–H groups in total. The van der Waals surface area contributed by atoms with Crippen molar-refractivity contribution in [3.8, 4) is 0 Å². The molecule has 0 bridgehead atoms. The number of rotatable bonds is 4. The number of carbonyl (C=O) groups excluding carboxylic acids is 1. The van der Waals surface area contributed by atoms with Crippen LogP contribution in [0, 0.1) is 0 Å². The highest BCUT2D eigenvalue weighted by Gasteiger charge is 2.31. The second-order valence-electron chi connectivity index (χ2n) is 4.11. The Bertz CT molecular complexity index is 733. The second-order valence-corrected chi connectivity index (χ2v) is 8.53. The molecule has 2 rings (SSSR count). The van der Waals surface area contributed by atoms with Gasteiger partial charge in [-0.05, 0) is 43.3 Å². The molecule has 1 heterocycles. The smallest absolute Gasteiger partial charge is 0.191 e. The molecule has 106 valence electrons. The zero-order chi connectivity index (χ0) is 14.9. The van der Waals surface area contributed by atoms with Crippen LogP contribution in [0.2, 0.25) is 9.36 Å². The molecule has 0 spiro atoms. The van der Waals surface area contributed by atoms with Crippen LogP contribution in [0.3, 0.4) is 0 Å². The van der Waals surface area contributed by atoms with E-state index >= 15 is 0 Å². The highest BCUT2D eigenvalue weighted by molar-refractivity contribution is 7.92. The Labute approximate surface area is 131 Å². The Morgan fingerprint density at radius 1 is 1.10 bits per heavy atom. The van der Waals surface area contributed by atoms with Crippen molar-refractivity contribution in [2.24, 2.45) is 0 Å². The van der Waals surface area contributed by atoms with E-state index < -0.39 is 20.9 Å². The topological polar surface area (TPSA) is 51.2 Å². The number of carbonyl (C=O) groups is 1. The molecule has 1 aromatic carbocycles. The summed E-state index contributed by atoms with van der Waals surface area (Å²) in [5.74, 6) is -0.461. The van der Waals surface area contributed by atoms with Gasteiger partial charge in [-0.15, -0.1) is 11.3 Å². The summed E-state index contributed by atoms with van der Waals surface area (Å²) in [7, 11) is -3.74. The molecule has 0 amide bonds. The fourth-order valence-electron chi connectivity index (χ4n) is 1.62. The van der Waals surface area contributed by atoms with Gasteiger partial charge in [0.1, 0.15) is 5.25 Å². The maximum absolute atomic E-state index is 12.4. The van der Waals surface area contributed by atoms with Gasteiger partial charge in [-0.3, -0.25) is 4.79 Å². The van der Waals surface area contributed by atoms with Crippen molar-refractivity contribution < 1.29 is 13.2 Å². The van der Waals surface area contributed by atoms with Crippen molar-refractivity contribution in [3.05, 3.63) is 50.6 Å². The average molecular weight is 349 g/mol. The molecule has 0 saturated carbocycles. The van der Waals surface area contributed by atoms with Gasteiger partial charge in [0.25, 0.3) is 0 Å². The maximum atomic E-state index is 12.4. The van der Waals surface area contributed by atoms with Crippen molar-refractivity contribution in [2.45, 2.75) is 17.1 Å². The first kappa shape index (κ1) is 15.5.